The monoisotopic (exact) mass is 144 g/mol. The molecule has 0 radical (unpaired) electrons. The second-order valence-corrected chi connectivity index (χ2v) is 2.68. The van der Waals surface area contributed by atoms with Gasteiger partial charge in [-0.25, -0.2) is 0 Å². The van der Waals surface area contributed by atoms with Crippen molar-refractivity contribution in [1.82, 2.24) is 5.32 Å². The van der Waals surface area contributed by atoms with Crippen molar-refractivity contribution in [3.8, 4) is 0 Å². The summed E-state index contributed by atoms with van der Waals surface area (Å²) in [7, 11) is 0. The zero-order valence-electron chi connectivity index (χ0n) is 5.71. The Morgan fingerprint density at radius 1 is 1.70 bits per heavy atom. The van der Waals surface area contributed by atoms with Crippen molar-refractivity contribution in [3.63, 3.8) is 0 Å². The van der Waals surface area contributed by atoms with Gasteiger partial charge in [-0.15, -0.1) is 0 Å². The van der Waals surface area contributed by atoms with E-state index >= 15 is 0 Å². The number of aliphatic carboxylic acids is 1. The largest absolute Gasteiger partial charge is 0.481 e. The first-order valence-electron chi connectivity index (χ1n) is 3.38. The SMILES string of the molecule is N[C@H]1CNC[C@@H]1CC(=O)O. The Morgan fingerprint density at radius 2 is 2.40 bits per heavy atom. The van der Waals surface area contributed by atoms with Crippen molar-refractivity contribution in [2.45, 2.75) is 12.5 Å². The number of hydrogen-bond acceptors (Lipinski definition) is 3. The first-order valence-corrected chi connectivity index (χ1v) is 3.38. The summed E-state index contributed by atoms with van der Waals surface area (Å²) >= 11 is 0. The van der Waals surface area contributed by atoms with Gasteiger partial charge in [0, 0.05) is 19.1 Å². The van der Waals surface area contributed by atoms with Crippen molar-refractivity contribution in [2.75, 3.05) is 13.1 Å². The van der Waals surface area contributed by atoms with Crippen LogP contribution in [0.25, 0.3) is 0 Å². The number of carbonyl (C=O) groups is 1. The van der Waals surface area contributed by atoms with E-state index in [1.165, 1.54) is 0 Å². The fraction of sp³-hybridized carbons (Fsp3) is 0.833. The molecule has 1 aliphatic rings. The number of nitrogens with two attached hydrogens (primary N) is 1. The number of hydrogen-bond donors (Lipinski definition) is 3. The third kappa shape index (κ3) is 1.68. The molecule has 1 rings (SSSR count). The molecule has 0 aromatic rings. The maximum atomic E-state index is 10.2. The predicted molar refractivity (Wildman–Crippen MR) is 36.6 cm³/mol. The zero-order valence-corrected chi connectivity index (χ0v) is 5.71. The predicted octanol–water partition coefficient (Wildman–Crippen LogP) is -0.992. The lowest BCUT2D eigenvalue weighted by Gasteiger charge is -2.09. The van der Waals surface area contributed by atoms with Crippen LogP contribution >= 0.6 is 0 Å². The van der Waals surface area contributed by atoms with Gasteiger partial charge in [-0.2, -0.15) is 0 Å². The molecule has 1 fully saturated rings. The van der Waals surface area contributed by atoms with Crippen LogP contribution in [-0.2, 0) is 4.79 Å². The first kappa shape index (κ1) is 7.50. The molecule has 2 atom stereocenters. The molecule has 4 N–H and O–H groups in total. The normalized spacial score (nSPS) is 32.5. The number of carboxylic acids is 1. The molecule has 1 heterocycles. The minimum absolute atomic E-state index is 0.0242. The first-order chi connectivity index (χ1) is 4.70. The third-order valence-corrected chi connectivity index (χ3v) is 1.83. The van der Waals surface area contributed by atoms with Crippen LogP contribution in [0.3, 0.4) is 0 Å². The fourth-order valence-corrected chi connectivity index (χ4v) is 1.20. The number of carboxylic acid groups (broad SMARTS) is 1. The zero-order chi connectivity index (χ0) is 7.56. The minimum Gasteiger partial charge on any atom is -0.481 e. The highest BCUT2D eigenvalue weighted by Crippen LogP contribution is 2.10. The summed E-state index contributed by atoms with van der Waals surface area (Å²) in [5, 5.41) is 11.4. The third-order valence-electron chi connectivity index (χ3n) is 1.83. The van der Waals surface area contributed by atoms with Crippen molar-refractivity contribution in [1.29, 1.82) is 0 Å². The van der Waals surface area contributed by atoms with Crippen molar-refractivity contribution >= 4 is 5.97 Å². The molecular formula is C6H12N2O2. The molecule has 58 valence electrons. The smallest absolute Gasteiger partial charge is 0.303 e. The Bertz CT molecular complexity index is 138. The molecule has 0 aromatic heterocycles. The summed E-state index contributed by atoms with van der Waals surface area (Å²) in [4.78, 5) is 10.2. The summed E-state index contributed by atoms with van der Waals surface area (Å²) in [5.41, 5.74) is 5.60. The number of nitrogens with one attached hydrogen (secondary N) is 1. The lowest BCUT2D eigenvalue weighted by molar-refractivity contribution is -0.138. The van der Waals surface area contributed by atoms with Crippen LogP contribution in [0.2, 0.25) is 0 Å². The maximum absolute atomic E-state index is 10.2. The second-order valence-electron chi connectivity index (χ2n) is 2.68. The van der Waals surface area contributed by atoms with Crippen LogP contribution in [0.4, 0.5) is 0 Å². The van der Waals surface area contributed by atoms with Crippen LogP contribution in [-0.4, -0.2) is 30.2 Å². The van der Waals surface area contributed by atoms with Gasteiger partial charge >= 0.3 is 5.97 Å². The average molecular weight is 144 g/mol. The van der Waals surface area contributed by atoms with Gasteiger partial charge in [-0.05, 0) is 5.92 Å². The molecule has 0 amide bonds. The molecule has 4 heteroatoms. The molecule has 0 aromatic carbocycles. The van der Waals surface area contributed by atoms with E-state index in [1.54, 1.807) is 0 Å². The highest BCUT2D eigenvalue weighted by Gasteiger charge is 2.25. The fourth-order valence-electron chi connectivity index (χ4n) is 1.20. The molecule has 0 unspecified atom stereocenters. The molecular weight excluding hydrogens is 132 g/mol. The Balaban J connectivity index is 2.33. The van der Waals surface area contributed by atoms with Gasteiger partial charge in [0.05, 0.1) is 6.42 Å². The summed E-state index contributed by atoms with van der Waals surface area (Å²) in [6, 6.07) is 0.0242. The maximum Gasteiger partial charge on any atom is 0.303 e. The van der Waals surface area contributed by atoms with Gasteiger partial charge in [0.25, 0.3) is 0 Å². The topological polar surface area (TPSA) is 75.3 Å². The van der Waals surface area contributed by atoms with Gasteiger partial charge < -0.3 is 16.2 Å². The second kappa shape index (κ2) is 2.98. The standard InChI is InChI=1S/C6H12N2O2/c7-5-3-8-2-4(5)1-6(9)10/h4-5,8H,1-3,7H2,(H,9,10)/t4-,5-/m0/s1. The van der Waals surface area contributed by atoms with Gasteiger partial charge in [-0.1, -0.05) is 0 Å². The van der Waals surface area contributed by atoms with Crippen molar-refractivity contribution in [2.24, 2.45) is 11.7 Å². The summed E-state index contributed by atoms with van der Waals surface area (Å²) in [6.45, 7) is 1.49. The summed E-state index contributed by atoms with van der Waals surface area (Å²) in [6.07, 6.45) is 0.189. The molecule has 0 saturated carbocycles. The number of rotatable bonds is 2. The summed E-state index contributed by atoms with van der Waals surface area (Å²) in [5.74, 6) is -0.637. The molecule has 1 aliphatic heterocycles. The molecule has 0 spiro atoms. The molecule has 10 heavy (non-hydrogen) atoms. The van der Waals surface area contributed by atoms with E-state index in [1.807, 2.05) is 0 Å². The van der Waals surface area contributed by atoms with E-state index in [0.717, 1.165) is 13.1 Å². The van der Waals surface area contributed by atoms with Crippen LogP contribution in [0.5, 0.6) is 0 Å². The van der Waals surface area contributed by atoms with E-state index in [0.29, 0.717) is 0 Å². The Labute approximate surface area is 59.4 Å². The van der Waals surface area contributed by atoms with Gasteiger partial charge in [0.1, 0.15) is 0 Å². The molecule has 1 saturated heterocycles. The molecule has 4 nitrogen and oxygen atoms in total. The van der Waals surface area contributed by atoms with Crippen LogP contribution in [0.15, 0.2) is 0 Å². The molecule has 0 bridgehead atoms. The van der Waals surface area contributed by atoms with Crippen LogP contribution < -0.4 is 11.1 Å². The van der Waals surface area contributed by atoms with E-state index in [4.69, 9.17) is 10.8 Å². The minimum atomic E-state index is -0.760. The highest BCUT2D eigenvalue weighted by molar-refractivity contribution is 5.67. The molecule has 0 aliphatic carbocycles. The van der Waals surface area contributed by atoms with E-state index in [9.17, 15) is 4.79 Å². The quantitative estimate of drug-likeness (QED) is 0.465. The van der Waals surface area contributed by atoms with Crippen LogP contribution in [0, 0.1) is 5.92 Å². The summed E-state index contributed by atoms with van der Waals surface area (Å²) < 4.78 is 0. The Hall–Kier alpha value is -0.610. The van der Waals surface area contributed by atoms with Crippen molar-refractivity contribution < 1.29 is 9.90 Å². The van der Waals surface area contributed by atoms with Crippen molar-refractivity contribution in [3.05, 3.63) is 0 Å². The lowest BCUT2D eigenvalue weighted by Crippen LogP contribution is -2.30. The average Bonchev–Trinajstić information content (AvgIpc) is 2.15. The van der Waals surface area contributed by atoms with Gasteiger partial charge in [0.15, 0.2) is 0 Å². The van der Waals surface area contributed by atoms with Gasteiger partial charge in [-0.3, -0.25) is 4.79 Å². The van der Waals surface area contributed by atoms with E-state index in [-0.39, 0.29) is 18.4 Å². The van der Waals surface area contributed by atoms with E-state index in [2.05, 4.69) is 5.32 Å². The van der Waals surface area contributed by atoms with E-state index < -0.39 is 5.97 Å². The Morgan fingerprint density at radius 3 is 2.80 bits per heavy atom. The van der Waals surface area contributed by atoms with Gasteiger partial charge in [0.2, 0.25) is 0 Å². The highest BCUT2D eigenvalue weighted by atomic mass is 16.4. The van der Waals surface area contributed by atoms with Crippen LogP contribution in [0.1, 0.15) is 6.42 Å². The Kier molecular flexibility index (Phi) is 2.24. The lowest BCUT2D eigenvalue weighted by atomic mass is 10.0.